The molecule has 4 aromatic rings. The highest BCUT2D eigenvalue weighted by molar-refractivity contribution is 6.01. The van der Waals surface area contributed by atoms with Crippen LogP contribution in [-0.4, -0.2) is 30.7 Å². The van der Waals surface area contributed by atoms with Gasteiger partial charge >= 0.3 is 0 Å². The molecule has 0 radical (unpaired) electrons. The predicted octanol–water partition coefficient (Wildman–Crippen LogP) is 7.37. The number of Topliss-reactive ketones (excluding diaryl/α,β-unsaturated/α-hetero) is 1. The summed E-state index contributed by atoms with van der Waals surface area (Å²) in [4.78, 5) is 14.0. The molecular weight excluding hydrogens is 496 g/mol. The van der Waals surface area contributed by atoms with Gasteiger partial charge in [-0.2, -0.15) is 0 Å². The van der Waals surface area contributed by atoms with Gasteiger partial charge in [-0.25, -0.2) is 0 Å². The Morgan fingerprint density at radius 3 is 2.05 bits per heavy atom. The van der Waals surface area contributed by atoms with Gasteiger partial charge in [0.2, 0.25) is 0 Å². The van der Waals surface area contributed by atoms with Crippen LogP contribution in [0.25, 0.3) is 0 Å². The molecule has 1 heterocycles. The minimum Gasteiger partial charge on any atom is -0.374 e. The maximum atomic E-state index is 14.0. The van der Waals surface area contributed by atoms with Crippen molar-refractivity contribution in [3.63, 3.8) is 0 Å². The van der Waals surface area contributed by atoms with Crippen molar-refractivity contribution in [2.45, 2.75) is 64.1 Å². The Morgan fingerprint density at radius 1 is 0.725 bits per heavy atom. The van der Waals surface area contributed by atoms with E-state index in [4.69, 9.17) is 14.2 Å². The molecule has 0 aromatic heterocycles. The Bertz CT molecular complexity index is 1330. The van der Waals surface area contributed by atoms with Gasteiger partial charge in [0.15, 0.2) is 5.78 Å². The highest BCUT2D eigenvalue weighted by Gasteiger charge is 2.35. The number of rotatable bonds is 12. The molecule has 1 fully saturated rings. The maximum absolute atomic E-state index is 14.0. The van der Waals surface area contributed by atoms with Crippen molar-refractivity contribution < 1.29 is 19.0 Å². The van der Waals surface area contributed by atoms with E-state index in [1.54, 1.807) is 0 Å². The third kappa shape index (κ3) is 7.76. The fraction of sp³-hybridized carbons (Fsp3) is 0.306. The second-order valence-corrected chi connectivity index (χ2v) is 10.5. The van der Waals surface area contributed by atoms with E-state index < -0.39 is 6.10 Å². The first-order chi connectivity index (χ1) is 19.7. The van der Waals surface area contributed by atoms with Crippen molar-refractivity contribution in [1.82, 2.24) is 0 Å². The molecule has 0 aliphatic carbocycles. The van der Waals surface area contributed by atoms with Gasteiger partial charge in [0.1, 0.15) is 6.10 Å². The fourth-order valence-electron chi connectivity index (χ4n) is 5.26. The van der Waals surface area contributed by atoms with Gasteiger partial charge in [0.25, 0.3) is 0 Å². The minimum atomic E-state index is -0.580. The van der Waals surface area contributed by atoms with Crippen LogP contribution >= 0.6 is 0 Å². The summed E-state index contributed by atoms with van der Waals surface area (Å²) in [5.41, 5.74) is 6.48. The standard InChI is InChI=1S/C36H38O4/c1-2-27-17-19-28(20-18-27)21-31-15-9-10-16-34(31)36(37)35-23-32(39-25-30-13-7-4-8-14-30)22-33(40-35)26-38-24-29-11-5-3-6-12-29/h3-20,32-33,35H,2,21-26H2,1H3/t32?,33?,35-/m1/s1. The summed E-state index contributed by atoms with van der Waals surface area (Å²) in [5.74, 6) is 0.0156. The van der Waals surface area contributed by atoms with Gasteiger partial charge in [-0.05, 0) is 40.7 Å². The number of hydrogen-bond donors (Lipinski definition) is 0. The molecule has 1 saturated heterocycles. The minimum absolute atomic E-state index is 0.0156. The van der Waals surface area contributed by atoms with E-state index in [0.29, 0.717) is 39.1 Å². The summed E-state index contributed by atoms with van der Waals surface area (Å²) in [6, 6.07) is 36.8. The monoisotopic (exact) mass is 534 g/mol. The van der Waals surface area contributed by atoms with Gasteiger partial charge in [-0.15, -0.1) is 0 Å². The molecule has 206 valence electrons. The van der Waals surface area contributed by atoms with Gasteiger partial charge in [-0.1, -0.05) is 116 Å². The molecule has 4 nitrogen and oxygen atoms in total. The Kier molecular flexibility index (Phi) is 9.92. The van der Waals surface area contributed by atoms with Crippen LogP contribution in [0.15, 0.2) is 109 Å². The number of ketones is 1. The highest BCUT2D eigenvalue weighted by atomic mass is 16.5. The van der Waals surface area contributed by atoms with E-state index in [1.807, 2.05) is 72.8 Å². The molecular formula is C36H38O4. The van der Waals surface area contributed by atoms with E-state index >= 15 is 0 Å². The fourth-order valence-corrected chi connectivity index (χ4v) is 5.26. The normalized spacial score (nSPS) is 18.9. The SMILES string of the molecule is CCc1ccc(Cc2ccccc2C(=O)[C@H]2CC(OCc3ccccc3)CC(COCc3ccccc3)O2)cc1. The average molecular weight is 535 g/mol. The van der Waals surface area contributed by atoms with Crippen LogP contribution in [0, 0.1) is 0 Å². The van der Waals surface area contributed by atoms with Crippen molar-refractivity contribution in [3.8, 4) is 0 Å². The molecule has 40 heavy (non-hydrogen) atoms. The molecule has 0 saturated carbocycles. The second-order valence-electron chi connectivity index (χ2n) is 10.5. The van der Waals surface area contributed by atoms with E-state index in [-0.39, 0.29) is 18.0 Å². The first-order valence-corrected chi connectivity index (χ1v) is 14.3. The summed E-state index contributed by atoms with van der Waals surface area (Å²) < 4.78 is 18.8. The predicted molar refractivity (Wildman–Crippen MR) is 158 cm³/mol. The summed E-state index contributed by atoms with van der Waals surface area (Å²) >= 11 is 0. The Labute approximate surface area is 237 Å². The Hall–Kier alpha value is -3.57. The lowest BCUT2D eigenvalue weighted by Gasteiger charge is -2.35. The first kappa shape index (κ1) is 28.0. The third-order valence-corrected chi connectivity index (χ3v) is 7.50. The molecule has 0 spiro atoms. The lowest BCUT2D eigenvalue weighted by atomic mass is 9.91. The van der Waals surface area contributed by atoms with Crippen molar-refractivity contribution in [1.29, 1.82) is 0 Å². The molecule has 4 heteroatoms. The number of carbonyl (C=O) groups is 1. The largest absolute Gasteiger partial charge is 0.374 e. The zero-order valence-electron chi connectivity index (χ0n) is 23.2. The number of carbonyl (C=O) groups excluding carboxylic acids is 1. The molecule has 2 unspecified atom stereocenters. The molecule has 0 bridgehead atoms. The smallest absolute Gasteiger partial charge is 0.191 e. The third-order valence-electron chi connectivity index (χ3n) is 7.50. The van der Waals surface area contributed by atoms with Gasteiger partial charge in [0.05, 0.1) is 32.0 Å². The van der Waals surface area contributed by atoms with E-state index in [1.165, 1.54) is 11.1 Å². The Balaban J connectivity index is 1.29. The summed E-state index contributed by atoms with van der Waals surface area (Å²) in [6.07, 6.45) is 2.04. The van der Waals surface area contributed by atoms with Crippen molar-refractivity contribution in [2.75, 3.05) is 6.61 Å². The van der Waals surface area contributed by atoms with Crippen molar-refractivity contribution in [2.24, 2.45) is 0 Å². The lowest BCUT2D eigenvalue weighted by molar-refractivity contribution is -0.127. The zero-order valence-corrected chi connectivity index (χ0v) is 23.2. The van der Waals surface area contributed by atoms with Crippen LogP contribution in [0.3, 0.4) is 0 Å². The zero-order chi connectivity index (χ0) is 27.6. The maximum Gasteiger partial charge on any atom is 0.191 e. The van der Waals surface area contributed by atoms with Crippen LogP contribution in [-0.2, 0) is 40.3 Å². The summed E-state index contributed by atoms with van der Waals surface area (Å²) in [6.45, 7) is 3.59. The highest BCUT2D eigenvalue weighted by Crippen LogP contribution is 2.28. The van der Waals surface area contributed by atoms with Crippen LogP contribution < -0.4 is 0 Å². The second kappa shape index (κ2) is 14.2. The molecule has 4 aromatic carbocycles. The number of ether oxygens (including phenoxy) is 3. The molecule has 5 rings (SSSR count). The topological polar surface area (TPSA) is 44.8 Å². The average Bonchev–Trinajstić information content (AvgIpc) is 3.01. The number of aryl methyl sites for hydroxylation is 1. The van der Waals surface area contributed by atoms with Gasteiger partial charge < -0.3 is 14.2 Å². The molecule has 0 amide bonds. The number of benzene rings is 4. The van der Waals surface area contributed by atoms with E-state index in [0.717, 1.165) is 28.7 Å². The molecule has 1 aliphatic heterocycles. The quantitative estimate of drug-likeness (QED) is 0.178. The van der Waals surface area contributed by atoms with Crippen LogP contribution in [0.5, 0.6) is 0 Å². The number of hydrogen-bond acceptors (Lipinski definition) is 4. The first-order valence-electron chi connectivity index (χ1n) is 14.3. The van der Waals surface area contributed by atoms with Crippen molar-refractivity contribution in [3.05, 3.63) is 143 Å². The molecule has 3 atom stereocenters. The van der Waals surface area contributed by atoms with Gasteiger partial charge in [0, 0.05) is 18.4 Å². The van der Waals surface area contributed by atoms with Crippen LogP contribution in [0.1, 0.15) is 57.9 Å². The van der Waals surface area contributed by atoms with Crippen LogP contribution in [0.4, 0.5) is 0 Å². The lowest BCUT2D eigenvalue weighted by Crippen LogP contribution is -2.43. The Morgan fingerprint density at radius 2 is 1.35 bits per heavy atom. The van der Waals surface area contributed by atoms with E-state index in [2.05, 4.69) is 43.3 Å². The molecule has 0 N–H and O–H groups in total. The van der Waals surface area contributed by atoms with Crippen molar-refractivity contribution >= 4 is 5.78 Å². The summed E-state index contributed by atoms with van der Waals surface area (Å²) in [5, 5.41) is 0. The molecule has 1 aliphatic rings. The van der Waals surface area contributed by atoms with Gasteiger partial charge in [-0.3, -0.25) is 4.79 Å². The van der Waals surface area contributed by atoms with Crippen LogP contribution in [0.2, 0.25) is 0 Å². The summed E-state index contributed by atoms with van der Waals surface area (Å²) in [7, 11) is 0. The van der Waals surface area contributed by atoms with E-state index in [9.17, 15) is 4.79 Å².